The van der Waals surface area contributed by atoms with Crippen molar-refractivity contribution in [2.24, 2.45) is 0 Å². The standard InChI is InChI=1S/C23H36O6/c24-22(25)16-9-7-5-3-1-2-4-6-8-12-18-28-20-14-10-11-15-21(20)29-19-13-17-23(26)27/h10-11,14-15H,1-9,12-13,16-19H2,(H,24,25)(H,26,27). The molecule has 164 valence electrons. The first-order valence-electron chi connectivity index (χ1n) is 10.9. The first kappa shape index (κ1) is 24.8. The Morgan fingerprint density at radius 2 is 0.966 bits per heavy atom. The minimum Gasteiger partial charge on any atom is -0.490 e. The lowest BCUT2D eigenvalue weighted by atomic mass is 10.1. The van der Waals surface area contributed by atoms with Gasteiger partial charge in [-0.05, 0) is 31.4 Å². The lowest BCUT2D eigenvalue weighted by molar-refractivity contribution is -0.138. The molecule has 0 spiro atoms. The summed E-state index contributed by atoms with van der Waals surface area (Å²) >= 11 is 0. The van der Waals surface area contributed by atoms with Crippen LogP contribution in [0.25, 0.3) is 0 Å². The molecular formula is C23H36O6. The molecule has 0 saturated heterocycles. The van der Waals surface area contributed by atoms with E-state index in [1.54, 1.807) is 0 Å². The number of benzene rings is 1. The SMILES string of the molecule is O=C(O)CCCCCCCCCCCCOc1ccccc1OCCCC(=O)O. The molecule has 0 amide bonds. The number of carbonyl (C=O) groups is 2. The van der Waals surface area contributed by atoms with Gasteiger partial charge in [-0.2, -0.15) is 0 Å². The quantitative estimate of drug-likeness (QED) is 0.286. The fourth-order valence-electron chi connectivity index (χ4n) is 3.07. The zero-order valence-electron chi connectivity index (χ0n) is 17.4. The van der Waals surface area contributed by atoms with E-state index in [1.807, 2.05) is 24.3 Å². The number of carboxylic acids is 2. The van der Waals surface area contributed by atoms with Crippen LogP contribution in [0.5, 0.6) is 11.5 Å². The van der Waals surface area contributed by atoms with E-state index in [1.165, 1.54) is 32.1 Å². The summed E-state index contributed by atoms with van der Waals surface area (Å²) in [5.41, 5.74) is 0. The molecule has 1 rings (SSSR count). The Hall–Kier alpha value is -2.24. The van der Waals surface area contributed by atoms with Crippen molar-refractivity contribution in [2.45, 2.75) is 83.5 Å². The van der Waals surface area contributed by atoms with Crippen LogP contribution in [0.2, 0.25) is 0 Å². The summed E-state index contributed by atoms with van der Waals surface area (Å²) in [7, 11) is 0. The summed E-state index contributed by atoms with van der Waals surface area (Å²) in [6.45, 7) is 1.02. The van der Waals surface area contributed by atoms with Crippen LogP contribution in [0.1, 0.15) is 83.5 Å². The van der Waals surface area contributed by atoms with Crippen molar-refractivity contribution >= 4 is 11.9 Å². The Balaban J connectivity index is 1.99. The maximum atomic E-state index is 10.5. The van der Waals surface area contributed by atoms with Gasteiger partial charge in [-0.15, -0.1) is 0 Å². The van der Waals surface area contributed by atoms with E-state index >= 15 is 0 Å². The highest BCUT2D eigenvalue weighted by Gasteiger charge is 2.05. The third-order valence-corrected chi connectivity index (χ3v) is 4.68. The highest BCUT2D eigenvalue weighted by atomic mass is 16.5. The largest absolute Gasteiger partial charge is 0.490 e. The van der Waals surface area contributed by atoms with Crippen LogP contribution in [-0.4, -0.2) is 35.4 Å². The summed E-state index contributed by atoms with van der Waals surface area (Å²) < 4.78 is 11.5. The van der Waals surface area contributed by atoms with Gasteiger partial charge in [0.05, 0.1) is 13.2 Å². The second-order valence-electron chi connectivity index (χ2n) is 7.32. The van der Waals surface area contributed by atoms with E-state index in [0.29, 0.717) is 37.6 Å². The van der Waals surface area contributed by atoms with Crippen LogP contribution in [0.4, 0.5) is 0 Å². The van der Waals surface area contributed by atoms with Crippen molar-refractivity contribution < 1.29 is 29.3 Å². The molecule has 0 unspecified atom stereocenters. The van der Waals surface area contributed by atoms with E-state index < -0.39 is 11.9 Å². The zero-order valence-corrected chi connectivity index (χ0v) is 17.4. The fraction of sp³-hybridized carbons (Fsp3) is 0.652. The third-order valence-electron chi connectivity index (χ3n) is 4.68. The lowest BCUT2D eigenvalue weighted by Gasteiger charge is -2.12. The Kier molecular flexibility index (Phi) is 14.3. The van der Waals surface area contributed by atoms with Crippen LogP contribution in [0.15, 0.2) is 24.3 Å². The molecule has 1 aromatic rings. The molecule has 0 aliphatic carbocycles. The van der Waals surface area contributed by atoms with Crippen LogP contribution in [-0.2, 0) is 9.59 Å². The highest BCUT2D eigenvalue weighted by molar-refractivity contribution is 5.66. The van der Waals surface area contributed by atoms with Gasteiger partial charge in [0.1, 0.15) is 0 Å². The topological polar surface area (TPSA) is 93.1 Å². The zero-order chi connectivity index (χ0) is 21.2. The van der Waals surface area contributed by atoms with Gasteiger partial charge in [-0.25, -0.2) is 0 Å². The van der Waals surface area contributed by atoms with Crippen molar-refractivity contribution in [3.8, 4) is 11.5 Å². The molecule has 0 fully saturated rings. The summed E-state index contributed by atoms with van der Waals surface area (Å²) in [6, 6.07) is 7.51. The molecule has 1 aromatic carbocycles. The molecule has 0 aliphatic rings. The van der Waals surface area contributed by atoms with Crippen LogP contribution in [0.3, 0.4) is 0 Å². The second kappa shape index (κ2) is 16.7. The van der Waals surface area contributed by atoms with Crippen molar-refractivity contribution in [3.05, 3.63) is 24.3 Å². The molecule has 0 aromatic heterocycles. The van der Waals surface area contributed by atoms with Gasteiger partial charge in [0, 0.05) is 12.8 Å². The van der Waals surface area contributed by atoms with Crippen molar-refractivity contribution in [2.75, 3.05) is 13.2 Å². The molecule has 0 heterocycles. The molecule has 0 saturated carbocycles. The smallest absolute Gasteiger partial charge is 0.303 e. The van der Waals surface area contributed by atoms with E-state index in [0.717, 1.165) is 32.1 Å². The monoisotopic (exact) mass is 408 g/mol. The average molecular weight is 409 g/mol. The Labute approximate surface area is 174 Å². The minimum absolute atomic E-state index is 0.105. The van der Waals surface area contributed by atoms with Gasteiger partial charge in [0.15, 0.2) is 11.5 Å². The summed E-state index contributed by atoms with van der Waals surface area (Å²) in [5, 5.41) is 17.2. The predicted molar refractivity (Wildman–Crippen MR) is 113 cm³/mol. The molecule has 0 bridgehead atoms. The van der Waals surface area contributed by atoms with E-state index in [4.69, 9.17) is 19.7 Å². The Morgan fingerprint density at radius 1 is 0.586 bits per heavy atom. The van der Waals surface area contributed by atoms with Crippen LogP contribution < -0.4 is 9.47 Å². The van der Waals surface area contributed by atoms with Crippen LogP contribution in [0, 0.1) is 0 Å². The van der Waals surface area contributed by atoms with Gasteiger partial charge in [0.25, 0.3) is 0 Å². The van der Waals surface area contributed by atoms with Gasteiger partial charge in [-0.3, -0.25) is 9.59 Å². The van der Waals surface area contributed by atoms with Crippen molar-refractivity contribution in [1.29, 1.82) is 0 Å². The molecular weight excluding hydrogens is 372 g/mol. The molecule has 0 aliphatic heterocycles. The Bertz CT molecular complexity index is 572. The molecule has 0 atom stereocenters. The summed E-state index contributed by atoms with van der Waals surface area (Å²) in [4.78, 5) is 21.0. The number of unbranched alkanes of at least 4 members (excludes halogenated alkanes) is 9. The molecule has 6 nitrogen and oxygen atoms in total. The first-order chi connectivity index (χ1) is 14.1. The number of aliphatic carboxylic acids is 2. The van der Waals surface area contributed by atoms with E-state index in [2.05, 4.69) is 0 Å². The minimum atomic E-state index is -0.811. The van der Waals surface area contributed by atoms with Gasteiger partial charge in [-0.1, -0.05) is 63.5 Å². The maximum absolute atomic E-state index is 10.5. The molecule has 6 heteroatoms. The molecule has 29 heavy (non-hydrogen) atoms. The van der Waals surface area contributed by atoms with Gasteiger partial charge < -0.3 is 19.7 Å². The first-order valence-corrected chi connectivity index (χ1v) is 10.9. The van der Waals surface area contributed by atoms with Gasteiger partial charge >= 0.3 is 11.9 Å². The summed E-state index contributed by atoms with van der Waals surface area (Å²) in [5.74, 6) is -0.124. The molecule has 0 radical (unpaired) electrons. The predicted octanol–water partition coefficient (Wildman–Crippen LogP) is 5.68. The average Bonchev–Trinajstić information content (AvgIpc) is 2.69. The number of carboxylic acid groups (broad SMARTS) is 2. The van der Waals surface area contributed by atoms with Crippen molar-refractivity contribution in [3.63, 3.8) is 0 Å². The van der Waals surface area contributed by atoms with E-state index in [9.17, 15) is 9.59 Å². The maximum Gasteiger partial charge on any atom is 0.303 e. The summed E-state index contributed by atoms with van der Waals surface area (Å²) in [6.07, 6.45) is 12.1. The number of ether oxygens (including phenoxy) is 2. The highest BCUT2D eigenvalue weighted by Crippen LogP contribution is 2.27. The number of para-hydroxylation sites is 2. The van der Waals surface area contributed by atoms with E-state index in [-0.39, 0.29) is 6.42 Å². The lowest BCUT2D eigenvalue weighted by Crippen LogP contribution is -2.04. The Morgan fingerprint density at radius 3 is 1.45 bits per heavy atom. The number of hydrogen-bond acceptors (Lipinski definition) is 4. The number of rotatable bonds is 19. The third kappa shape index (κ3) is 14.4. The number of hydrogen-bond donors (Lipinski definition) is 2. The van der Waals surface area contributed by atoms with Crippen LogP contribution >= 0.6 is 0 Å². The van der Waals surface area contributed by atoms with Crippen molar-refractivity contribution in [1.82, 2.24) is 0 Å². The fourth-order valence-corrected chi connectivity index (χ4v) is 3.07. The molecule has 2 N–H and O–H groups in total. The normalized spacial score (nSPS) is 10.6. The van der Waals surface area contributed by atoms with Gasteiger partial charge in [0.2, 0.25) is 0 Å². The second-order valence-corrected chi connectivity index (χ2v) is 7.32.